The van der Waals surface area contributed by atoms with Crippen LogP contribution in [-0.4, -0.2) is 55.0 Å². The summed E-state index contributed by atoms with van der Waals surface area (Å²) in [5.74, 6) is 0.949. The van der Waals surface area contributed by atoms with Crippen LogP contribution in [0, 0.1) is 5.92 Å². The second-order valence-corrected chi connectivity index (χ2v) is 9.48. The second kappa shape index (κ2) is 9.88. The van der Waals surface area contributed by atoms with E-state index in [1.165, 1.54) is 43.4 Å². The smallest absolute Gasteiger partial charge is 0.261 e. The highest BCUT2D eigenvalue weighted by Crippen LogP contribution is 2.39. The Kier molecular flexibility index (Phi) is 7.00. The maximum absolute atomic E-state index is 12.9. The Bertz CT molecular complexity index is 891. The first-order valence-corrected chi connectivity index (χ1v) is 11.9. The van der Waals surface area contributed by atoms with E-state index in [2.05, 4.69) is 10.3 Å². The van der Waals surface area contributed by atoms with Crippen LogP contribution in [0.25, 0.3) is 10.2 Å². The number of likely N-dealkylation sites (tertiary alicyclic amines) is 1. The molecule has 0 spiro atoms. The molecule has 0 bridgehead atoms. The number of hydrogen-bond acceptors (Lipinski definition) is 5. The van der Waals surface area contributed by atoms with Crippen molar-refractivity contribution in [2.24, 2.45) is 5.92 Å². The van der Waals surface area contributed by atoms with E-state index < -0.39 is 0 Å². The van der Waals surface area contributed by atoms with Crippen molar-refractivity contribution in [1.29, 1.82) is 0 Å². The highest BCUT2D eigenvalue weighted by molar-refractivity contribution is 7.20. The summed E-state index contributed by atoms with van der Waals surface area (Å²) in [7, 11) is 1.62. The van der Waals surface area contributed by atoms with Gasteiger partial charge in [-0.3, -0.25) is 9.59 Å². The monoisotopic (exact) mass is 429 g/mol. The molecule has 30 heavy (non-hydrogen) atoms. The van der Waals surface area contributed by atoms with Crippen molar-refractivity contribution >= 4 is 33.4 Å². The number of carbonyl (C=O) groups excluding carboxylic acids is 2. The zero-order valence-corrected chi connectivity index (χ0v) is 18.5. The molecular formula is C23H31N3O3S. The van der Waals surface area contributed by atoms with Crippen LogP contribution >= 0.6 is 11.3 Å². The molecule has 3 heterocycles. The molecule has 1 aliphatic heterocycles. The molecule has 2 aliphatic rings. The highest BCUT2D eigenvalue weighted by atomic mass is 32.1. The normalized spacial score (nSPS) is 20.0. The Labute approximate surface area is 182 Å². The Morgan fingerprint density at radius 1 is 1.27 bits per heavy atom. The van der Waals surface area contributed by atoms with Crippen LogP contribution in [0.4, 0.5) is 0 Å². The summed E-state index contributed by atoms with van der Waals surface area (Å²) in [6, 6.07) is 3.97. The molecule has 1 aliphatic carbocycles. The predicted molar refractivity (Wildman–Crippen MR) is 119 cm³/mol. The Morgan fingerprint density at radius 2 is 2.10 bits per heavy atom. The van der Waals surface area contributed by atoms with Crippen molar-refractivity contribution < 1.29 is 14.3 Å². The number of ether oxygens (including phenoxy) is 1. The van der Waals surface area contributed by atoms with Gasteiger partial charge in [0.2, 0.25) is 5.91 Å². The first kappa shape index (κ1) is 21.2. The fourth-order valence-electron chi connectivity index (χ4n) is 4.86. The van der Waals surface area contributed by atoms with Gasteiger partial charge in [-0.15, -0.1) is 11.3 Å². The van der Waals surface area contributed by atoms with Gasteiger partial charge in [0.1, 0.15) is 4.83 Å². The molecule has 1 atom stereocenters. The minimum absolute atomic E-state index is 0.0722. The van der Waals surface area contributed by atoms with Crippen LogP contribution in [0.1, 0.15) is 66.1 Å². The standard InChI is InChI=1S/C23H31N3O3S/c1-29-13-11-24-22(28)21-20(18-8-5-10-25-23(18)30-21)17-9-12-26(15-17)19(27)14-16-6-3-2-4-7-16/h5,8,10,16-17H,2-4,6-7,9,11-15H2,1H3,(H,24,28)/t17-/m0/s1. The fourth-order valence-corrected chi connectivity index (χ4v) is 6.01. The summed E-state index contributed by atoms with van der Waals surface area (Å²) in [5.41, 5.74) is 1.06. The lowest BCUT2D eigenvalue weighted by Crippen LogP contribution is -2.31. The number of aromatic nitrogens is 1. The zero-order valence-electron chi connectivity index (χ0n) is 17.7. The molecule has 4 rings (SSSR count). The van der Waals surface area contributed by atoms with E-state index in [4.69, 9.17) is 4.74 Å². The summed E-state index contributed by atoms with van der Waals surface area (Å²) in [4.78, 5) is 33.9. The topological polar surface area (TPSA) is 71.5 Å². The maximum atomic E-state index is 12.9. The number of fused-ring (bicyclic) bond motifs is 1. The summed E-state index contributed by atoms with van der Waals surface area (Å²) >= 11 is 1.45. The third kappa shape index (κ3) is 4.67. The number of methoxy groups -OCH3 is 1. The van der Waals surface area contributed by atoms with Gasteiger partial charge in [0.15, 0.2) is 0 Å². The van der Waals surface area contributed by atoms with E-state index in [1.807, 2.05) is 17.0 Å². The highest BCUT2D eigenvalue weighted by Gasteiger charge is 2.33. The number of nitrogens with zero attached hydrogens (tertiary/aromatic N) is 2. The quantitative estimate of drug-likeness (QED) is 0.677. The first-order valence-electron chi connectivity index (χ1n) is 11.1. The lowest BCUT2D eigenvalue weighted by atomic mass is 9.86. The van der Waals surface area contributed by atoms with Crippen molar-refractivity contribution in [3.8, 4) is 0 Å². The minimum Gasteiger partial charge on any atom is -0.383 e. The number of hydrogen-bond donors (Lipinski definition) is 1. The molecule has 2 amide bonds. The van der Waals surface area contributed by atoms with Crippen LogP contribution in [0.2, 0.25) is 0 Å². The number of thiophene rings is 1. The summed E-state index contributed by atoms with van der Waals surface area (Å²) in [5, 5.41) is 4.00. The number of pyridine rings is 1. The molecule has 1 saturated heterocycles. The van der Waals surface area contributed by atoms with Gasteiger partial charge in [-0.1, -0.05) is 25.3 Å². The third-order valence-electron chi connectivity index (χ3n) is 6.44. The SMILES string of the molecule is COCCNC(=O)c1sc2ncccc2c1[C@H]1CCN(C(=O)CC2CCCCC2)C1. The van der Waals surface area contributed by atoms with E-state index in [9.17, 15) is 9.59 Å². The average molecular weight is 430 g/mol. The van der Waals surface area contributed by atoms with Crippen molar-refractivity contribution in [3.63, 3.8) is 0 Å². The molecule has 2 aromatic heterocycles. The van der Waals surface area contributed by atoms with Gasteiger partial charge < -0.3 is 15.0 Å². The number of rotatable bonds is 7. The van der Waals surface area contributed by atoms with Crippen LogP contribution in [-0.2, 0) is 9.53 Å². The molecule has 0 unspecified atom stereocenters. The van der Waals surface area contributed by atoms with Crippen LogP contribution in [0.15, 0.2) is 18.3 Å². The molecule has 1 N–H and O–H groups in total. The fraction of sp³-hybridized carbons (Fsp3) is 0.609. The second-order valence-electron chi connectivity index (χ2n) is 8.48. The number of amides is 2. The molecule has 1 saturated carbocycles. The van der Waals surface area contributed by atoms with Gasteiger partial charge in [0.05, 0.1) is 11.5 Å². The van der Waals surface area contributed by atoms with E-state index in [0.29, 0.717) is 32.0 Å². The van der Waals surface area contributed by atoms with Crippen molar-refractivity contribution in [2.75, 3.05) is 33.4 Å². The summed E-state index contributed by atoms with van der Waals surface area (Å²) < 4.78 is 5.05. The van der Waals surface area contributed by atoms with Gasteiger partial charge >= 0.3 is 0 Å². The average Bonchev–Trinajstić information content (AvgIpc) is 3.39. The lowest BCUT2D eigenvalue weighted by molar-refractivity contribution is -0.131. The van der Waals surface area contributed by atoms with Gasteiger partial charge in [0, 0.05) is 50.7 Å². The van der Waals surface area contributed by atoms with Gasteiger partial charge in [-0.2, -0.15) is 0 Å². The Morgan fingerprint density at radius 3 is 2.90 bits per heavy atom. The van der Waals surface area contributed by atoms with Gasteiger partial charge in [0.25, 0.3) is 5.91 Å². The van der Waals surface area contributed by atoms with Gasteiger partial charge in [-0.25, -0.2) is 4.98 Å². The van der Waals surface area contributed by atoms with Crippen LogP contribution in [0.5, 0.6) is 0 Å². The maximum Gasteiger partial charge on any atom is 0.261 e. The van der Waals surface area contributed by atoms with E-state index in [0.717, 1.165) is 33.6 Å². The molecule has 2 aromatic rings. The summed E-state index contributed by atoms with van der Waals surface area (Å²) in [6.07, 6.45) is 9.56. The number of carbonyl (C=O) groups is 2. The van der Waals surface area contributed by atoms with E-state index in [-0.39, 0.29) is 17.7 Å². The van der Waals surface area contributed by atoms with Crippen LogP contribution < -0.4 is 5.32 Å². The van der Waals surface area contributed by atoms with Crippen molar-refractivity contribution in [2.45, 2.75) is 50.9 Å². The zero-order chi connectivity index (χ0) is 20.9. The summed E-state index contributed by atoms with van der Waals surface area (Å²) in [6.45, 7) is 2.44. The third-order valence-corrected chi connectivity index (χ3v) is 7.57. The number of nitrogens with one attached hydrogen (secondary N) is 1. The van der Waals surface area contributed by atoms with Gasteiger partial charge in [-0.05, 0) is 36.8 Å². The van der Waals surface area contributed by atoms with E-state index >= 15 is 0 Å². The largest absolute Gasteiger partial charge is 0.383 e. The van der Waals surface area contributed by atoms with Crippen molar-refractivity contribution in [1.82, 2.24) is 15.2 Å². The minimum atomic E-state index is -0.0722. The molecule has 7 heteroatoms. The Balaban J connectivity index is 1.50. The predicted octanol–water partition coefficient (Wildman–Crippen LogP) is 3.96. The van der Waals surface area contributed by atoms with Crippen molar-refractivity contribution in [3.05, 3.63) is 28.8 Å². The molecule has 162 valence electrons. The van der Waals surface area contributed by atoms with E-state index in [1.54, 1.807) is 13.3 Å². The molecule has 0 radical (unpaired) electrons. The van der Waals surface area contributed by atoms with Crippen LogP contribution in [0.3, 0.4) is 0 Å². The molecule has 2 fully saturated rings. The first-order chi connectivity index (χ1) is 14.7. The Hall–Kier alpha value is -1.99. The lowest BCUT2D eigenvalue weighted by Gasteiger charge is -2.24. The molecule has 0 aromatic carbocycles. The molecule has 6 nitrogen and oxygen atoms in total. The molecular weight excluding hydrogens is 398 g/mol.